The largest absolute Gasteiger partial charge is 0.477 e. The molecule has 1 aromatic carbocycles. The zero-order valence-corrected chi connectivity index (χ0v) is 13.9. The first-order valence-electron chi connectivity index (χ1n) is 7.42. The maximum Gasteiger partial charge on any atom is 0.354 e. The van der Waals surface area contributed by atoms with Crippen molar-refractivity contribution in [2.75, 3.05) is 18.5 Å². The van der Waals surface area contributed by atoms with Gasteiger partial charge in [-0.25, -0.2) is 22.9 Å². The summed E-state index contributed by atoms with van der Waals surface area (Å²) in [6.07, 6.45) is 0.547. The Morgan fingerprint density at radius 1 is 1.25 bits per heavy atom. The summed E-state index contributed by atoms with van der Waals surface area (Å²) in [4.78, 5) is 17.5. The maximum atomic E-state index is 12.1. The lowest BCUT2D eigenvalue weighted by Gasteiger charge is -2.31. The van der Waals surface area contributed by atoms with Gasteiger partial charge in [0.1, 0.15) is 5.82 Å². The van der Waals surface area contributed by atoms with Crippen molar-refractivity contribution < 1.29 is 18.3 Å². The van der Waals surface area contributed by atoms with Gasteiger partial charge in [-0.1, -0.05) is 18.2 Å². The van der Waals surface area contributed by atoms with Crippen molar-refractivity contribution in [3.05, 3.63) is 53.2 Å². The molecule has 0 bridgehead atoms. The summed E-state index contributed by atoms with van der Waals surface area (Å²) in [7, 11) is -2.11. The van der Waals surface area contributed by atoms with Crippen molar-refractivity contribution in [1.29, 1.82) is 0 Å². The van der Waals surface area contributed by atoms with E-state index in [1.807, 2.05) is 11.0 Å². The standard InChI is InChI=1S/C16H17N3O4S/c1-17-24(22,23)14-6-2-4-11-10-19(9-8-12(11)14)15-7-3-5-13(18-15)16(20)21/h2-7,17H,8-10H2,1H3,(H,20,21). The van der Waals surface area contributed by atoms with Crippen LogP contribution in [0.25, 0.3) is 0 Å². The number of aromatic carboxylic acids is 1. The second-order valence-electron chi connectivity index (χ2n) is 5.46. The fraction of sp³-hybridized carbons (Fsp3) is 0.250. The van der Waals surface area contributed by atoms with Gasteiger partial charge in [0.2, 0.25) is 10.0 Å². The van der Waals surface area contributed by atoms with E-state index in [0.717, 1.165) is 11.1 Å². The normalized spacial score (nSPS) is 14.3. The number of fused-ring (bicyclic) bond motifs is 1. The molecule has 0 saturated carbocycles. The van der Waals surface area contributed by atoms with Crippen LogP contribution in [0.4, 0.5) is 5.82 Å². The first-order chi connectivity index (χ1) is 11.4. The van der Waals surface area contributed by atoms with Crippen LogP contribution in [0, 0.1) is 0 Å². The van der Waals surface area contributed by atoms with Crippen molar-refractivity contribution in [3.8, 4) is 0 Å². The van der Waals surface area contributed by atoms with E-state index in [4.69, 9.17) is 5.11 Å². The number of aromatic nitrogens is 1. The first-order valence-corrected chi connectivity index (χ1v) is 8.90. The molecule has 0 saturated heterocycles. The monoisotopic (exact) mass is 347 g/mol. The molecule has 126 valence electrons. The molecule has 2 N–H and O–H groups in total. The number of carboxylic acids is 1. The van der Waals surface area contributed by atoms with Gasteiger partial charge in [-0.3, -0.25) is 0 Å². The third-order valence-corrected chi connectivity index (χ3v) is 5.56. The summed E-state index contributed by atoms with van der Waals surface area (Å²) >= 11 is 0. The van der Waals surface area contributed by atoms with Gasteiger partial charge in [-0.2, -0.15) is 0 Å². The van der Waals surface area contributed by atoms with Crippen LogP contribution in [0.1, 0.15) is 21.6 Å². The number of anilines is 1. The minimum absolute atomic E-state index is 0.00944. The number of carbonyl (C=O) groups is 1. The van der Waals surface area contributed by atoms with Crippen LogP contribution in [0.2, 0.25) is 0 Å². The van der Waals surface area contributed by atoms with Gasteiger partial charge >= 0.3 is 5.97 Å². The summed E-state index contributed by atoms with van der Waals surface area (Å²) in [5.74, 6) is -0.501. The molecular formula is C16H17N3O4S. The fourth-order valence-electron chi connectivity index (χ4n) is 2.85. The molecule has 1 aliphatic heterocycles. The van der Waals surface area contributed by atoms with E-state index in [2.05, 4.69) is 9.71 Å². The highest BCUT2D eigenvalue weighted by Gasteiger charge is 2.24. The molecule has 0 amide bonds. The number of hydrogen-bond acceptors (Lipinski definition) is 5. The lowest BCUT2D eigenvalue weighted by molar-refractivity contribution is 0.0690. The third kappa shape index (κ3) is 2.98. The number of nitrogens with zero attached hydrogens (tertiary/aromatic N) is 2. The van der Waals surface area contributed by atoms with Crippen LogP contribution in [0.5, 0.6) is 0 Å². The van der Waals surface area contributed by atoms with E-state index in [1.165, 1.54) is 13.1 Å². The Morgan fingerprint density at radius 3 is 2.71 bits per heavy atom. The smallest absolute Gasteiger partial charge is 0.354 e. The first kappa shape index (κ1) is 16.4. The molecule has 24 heavy (non-hydrogen) atoms. The Hall–Kier alpha value is -2.45. The molecule has 0 spiro atoms. The van der Waals surface area contributed by atoms with Gasteiger partial charge in [0.25, 0.3) is 0 Å². The number of sulfonamides is 1. The molecule has 0 radical (unpaired) electrons. The lowest BCUT2D eigenvalue weighted by Crippen LogP contribution is -2.33. The number of benzene rings is 1. The fourth-order valence-corrected chi connectivity index (χ4v) is 3.89. The van der Waals surface area contributed by atoms with Crippen molar-refractivity contribution in [1.82, 2.24) is 9.71 Å². The van der Waals surface area contributed by atoms with Crippen LogP contribution in [-0.2, 0) is 23.0 Å². The zero-order chi connectivity index (χ0) is 17.3. The molecule has 1 aromatic heterocycles. The molecule has 0 unspecified atom stereocenters. The van der Waals surface area contributed by atoms with Crippen molar-refractivity contribution >= 4 is 21.8 Å². The van der Waals surface area contributed by atoms with Gasteiger partial charge in [-0.05, 0) is 42.8 Å². The Kier molecular flexibility index (Phi) is 4.25. The average molecular weight is 347 g/mol. The summed E-state index contributed by atoms with van der Waals surface area (Å²) in [6, 6.07) is 10.1. The highest BCUT2D eigenvalue weighted by molar-refractivity contribution is 7.89. The average Bonchev–Trinajstić information content (AvgIpc) is 2.60. The Morgan fingerprint density at radius 2 is 2.00 bits per heavy atom. The summed E-state index contributed by atoms with van der Waals surface area (Å²) < 4.78 is 26.6. The second-order valence-corrected chi connectivity index (χ2v) is 7.31. The number of nitrogens with one attached hydrogen (secondary N) is 1. The Balaban J connectivity index is 1.95. The van der Waals surface area contributed by atoms with E-state index in [0.29, 0.717) is 30.2 Å². The molecule has 1 aliphatic rings. The van der Waals surface area contributed by atoms with E-state index >= 15 is 0 Å². The third-order valence-electron chi connectivity index (χ3n) is 4.06. The van der Waals surface area contributed by atoms with E-state index in [-0.39, 0.29) is 5.69 Å². The minimum Gasteiger partial charge on any atom is -0.477 e. The molecule has 0 fully saturated rings. The zero-order valence-electron chi connectivity index (χ0n) is 13.1. The molecule has 3 rings (SSSR count). The van der Waals surface area contributed by atoms with Gasteiger partial charge in [-0.15, -0.1) is 0 Å². The van der Waals surface area contributed by atoms with E-state index in [9.17, 15) is 13.2 Å². The molecule has 2 aromatic rings. The summed E-state index contributed by atoms with van der Waals surface area (Å²) in [6.45, 7) is 1.05. The number of rotatable bonds is 4. The van der Waals surface area contributed by atoms with Gasteiger partial charge in [0.05, 0.1) is 4.90 Å². The van der Waals surface area contributed by atoms with Gasteiger partial charge < -0.3 is 10.0 Å². The van der Waals surface area contributed by atoms with Crippen LogP contribution in [0.15, 0.2) is 41.3 Å². The number of hydrogen-bond donors (Lipinski definition) is 2. The van der Waals surface area contributed by atoms with Crippen molar-refractivity contribution in [2.45, 2.75) is 17.9 Å². The SMILES string of the molecule is CNS(=O)(=O)c1cccc2c1CCN(c1cccc(C(=O)O)n1)C2. The van der Waals surface area contributed by atoms with Crippen molar-refractivity contribution in [3.63, 3.8) is 0 Å². The molecular weight excluding hydrogens is 330 g/mol. The highest BCUT2D eigenvalue weighted by atomic mass is 32.2. The molecule has 7 nitrogen and oxygen atoms in total. The lowest BCUT2D eigenvalue weighted by atomic mass is 10.00. The summed E-state index contributed by atoms with van der Waals surface area (Å²) in [5, 5.41) is 9.06. The molecule has 0 atom stereocenters. The predicted molar refractivity (Wildman–Crippen MR) is 88.6 cm³/mol. The number of pyridine rings is 1. The quantitative estimate of drug-likeness (QED) is 0.863. The topological polar surface area (TPSA) is 99.6 Å². The van der Waals surface area contributed by atoms with Crippen LogP contribution in [-0.4, -0.2) is 38.1 Å². The maximum absolute atomic E-state index is 12.1. The highest BCUT2D eigenvalue weighted by Crippen LogP contribution is 2.28. The molecule has 0 aliphatic carbocycles. The van der Waals surface area contributed by atoms with Crippen LogP contribution < -0.4 is 9.62 Å². The van der Waals surface area contributed by atoms with E-state index in [1.54, 1.807) is 24.3 Å². The van der Waals surface area contributed by atoms with Gasteiger partial charge in [0.15, 0.2) is 5.69 Å². The van der Waals surface area contributed by atoms with Crippen LogP contribution in [0.3, 0.4) is 0 Å². The molecule has 8 heteroatoms. The second kappa shape index (κ2) is 6.21. The summed E-state index contributed by atoms with van der Waals surface area (Å²) in [5.41, 5.74) is 1.70. The predicted octanol–water partition coefficient (Wildman–Crippen LogP) is 1.25. The van der Waals surface area contributed by atoms with E-state index < -0.39 is 16.0 Å². The Labute approximate surface area is 140 Å². The molecule has 2 heterocycles. The Bertz CT molecular complexity index is 896. The van der Waals surface area contributed by atoms with Crippen LogP contribution >= 0.6 is 0 Å². The van der Waals surface area contributed by atoms with Gasteiger partial charge in [0, 0.05) is 13.1 Å². The van der Waals surface area contributed by atoms with Crippen molar-refractivity contribution in [2.24, 2.45) is 0 Å². The number of carboxylic acid groups (broad SMARTS) is 1. The minimum atomic E-state index is -3.50.